The summed E-state index contributed by atoms with van der Waals surface area (Å²) in [5, 5.41) is 69.0. The minimum absolute atomic E-state index is 0.0300. The second-order valence-corrected chi connectivity index (χ2v) is 25.0. The van der Waals surface area contributed by atoms with Crippen LogP contribution < -0.4 is 80.6 Å². The average Bonchev–Trinajstić information content (AvgIpc) is 0.814. The highest BCUT2D eigenvalue weighted by Gasteiger charge is 2.33. The van der Waals surface area contributed by atoms with Crippen molar-refractivity contribution in [1.82, 2.24) is 87.7 Å². The summed E-state index contributed by atoms with van der Waals surface area (Å²) in [6.45, 7) is -0.511. The van der Waals surface area contributed by atoms with Gasteiger partial charge in [-0.05, 0) is 93.5 Å². The van der Waals surface area contributed by atoms with Gasteiger partial charge in [0.05, 0.1) is 36.9 Å². The molecule has 0 saturated carbocycles. The zero-order valence-corrected chi connectivity index (χ0v) is 60.2. The second kappa shape index (κ2) is 41.5. The number of nitrogens with two attached hydrogens (primary N) is 4. The fourth-order valence-corrected chi connectivity index (χ4v) is 10.7. The second-order valence-electron chi connectivity index (χ2n) is 24.7. The fourth-order valence-electron chi connectivity index (χ4n) is 10.5. The normalized spacial score (nSPS) is 12.6. The Morgan fingerprint density at radius 1 is 0.409 bits per heavy atom. The summed E-state index contributed by atoms with van der Waals surface area (Å²) < 4.78 is 0. The van der Waals surface area contributed by atoms with Crippen molar-refractivity contribution in [1.29, 1.82) is 0 Å². The molecule has 0 radical (unpaired) electrons. The summed E-state index contributed by atoms with van der Waals surface area (Å²) >= 11 is 3.96. The Labute approximate surface area is 629 Å². The lowest BCUT2D eigenvalue weighted by Crippen LogP contribution is -2.54. The Bertz CT molecular complexity index is 4410. The number of ketones is 1. The number of hydrogen-bond acceptors (Lipinski definition) is 30. The van der Waals surface area contributed by atoms with Gasteiger partial charge < -0.3 is 106 Å². The van der Waals surface area contributed by atoms with Crippen LogP contribution in [0.4, 0.5) is 34.9 Å². The topological polar surface area (TPSA) is 679 Å². The van der Waals surface area contributed by atoms with Gasteiger partial charge in [0.1, 0.15) is 36.3 Å². The van der Waals surface area contributed by atoms with Crippen LogP contribution >= 0.6 is 12.6 Å². The molecular weight excluding hydrogens is 1470 g/mol. The molecular formula is C66H83N23O20S. The van der Waals surface area contributed by atoms with Gasteiger partial charge in [0.25, 0.3) is 17.6 Å². The molecule has 0 bridgehead atoms. The number of amides is 9. The smallest absolute Gasteiger partial charge is 0.374 e. The van der Waals surface area contributed by atoms with E-state index >= 15 is 0 Å². The van der Waals surface area contributed by atoms with Gasteiger partial charge in [0, 0.05) is 101 Å². The van der Waals surface area contributed by atoms with E-state index in [1.54, 1.807) is 48.2 Å². The fraction of sp³-hybridized carbons (Fsp3) is 0.409. The van der Waals surface area contributed by atoms with Crippen LogP contribution in [0.25, 0.3) is 22.3 Å². The van der Waals surface area contributed by atoms with E-state index in [0.29, 0.717) is 22.8 Å². The van der Waals surface area contributed by atoms with Crippen molar-refractivity contribution in [2.75, 3.05) is 72.2 Å². The Balaban J connectivity index is 0.989. The van der Waals surface area contributed by atoms with Gasteiger partial charge in [-0.15, -0.1) is 0 Å². The zero-order chi connectivity index (χ0) is 80.9. The Morgan fingerprint density at radius 2 is 0.773 bits per heavy atom. The molecule has 22 N–H and O–H groups in total. The highest BCUT2D eigenvalue weighted by Crippen LogP contribution is 2.22. The first-order valence-corrected chi connectivity index (χ1v) is 34.4. The maximum Gasteiger partial charge on any atom is 0.374 e. The number of carboxylic acid groups (broad SMARTS) is 5. The number of hydrogen-bond donors (Lipinski definition) is 19. The number of nitrogens with zero attached hydrogens (tertiary/aromatic N) is 10. The number of aromatic nitrogens is 8. The molecule has 0 aliphatic rings. The number of carbonyl (C=O) groups is 15. The summed E-state index contributed by atoms with van der Waals surface area (Å²) in [6.07, 6.45) is -2.56. The number of nitrogen functional groups attached to an aromatic ring is 4. The van der Waals surface area contributed by atoms with Crippen molar-refractivity contribution in [3.63, 3.8) is 0 Å². The molecule has 6 rings (SSSR count). The van der Waals surface area contributed by atoms with E-state index in [9.17, 15) is 97.5 Å². The summed E-state index contributed by atoms with van der Waals surface area (Å²) in [7, 11) is 3.45. The molecule has 43 nitrogen and oxygen atoms in total. The maximum absolute atomic E-state index is 13.8. The molecule has 4 aromatic heterocycles. The average molecular weight is 1550 g/mol. The van der Waals surface area contributed by atoms with E-state index in [0.717, 1.165) is 0 Å². The van der Waals surface area contributed by atoms with Gasteiger partial charge in [-0.2, -0.15) is 32.6 Å². The number of fused-ring (bicyclic) bond motifs is 2. The van der Waals surface area contributed by atoms with Crippen molar-refractivity contribution in [2.45, 2.75) is 133 Å². The molecule has 588 valence electrons. The van der Waals surface area contributed by atoms with Crippen molar-refractivity contribution in [2.24, 2.45) is 0 Å². The van der Waals surface area contributed by atoms with Crippen molar-refractivity contribution in [3.8, 4) is 0 Å². The highest BCUT2D eigenvalue weighted by atomic mass is 32.1. The van der Waals surface area contributed by atoms with Gasteiger partial charge >= 0.3 is 29.8 Å². The van der Waals surface area contributed by atoms with E-state index in [1.165, 1.54) is 36.7 Å². The Hall–Kier alpha value is -13.3. The van der Waals surface area contributed by atoms with E-state index in [-0.39, 0.29) is 109 Å². The first-order chi connectivity index (χ1) is 52.2. The van der Waals surface area contributed by atoms with Crippen LogP contribution in [0, 0.1) is 0 Å². The number of nitrogens with one attached hydrogen (secondary N) is 9. The molecule has 0 spiro atoms. The SMILES string of the molecule is CN(Cc1cnc2nc(N)nc(N)c2n1)c1ccc(C(=O)NC(CCC(=O)O)C(=O)NC(CCC(=O)O)C(=O)NCCC(=O)NCCCCC(NC(=O)CCNC(=O)C(CCC(=O)O)NC(=O)C(CCC(=O)O)NC(=O)c2ccc(N(C)Cc3cnc4nc(N)nc(N)c4n3)cc2)C(=O)NC(CS)C(=O)C(=O)O)cc1. The summed E-state index contributed by atoms with van der Waals surface area (Å²) in [5.74, 6) is -17.6. The Kier molecular flexibility index (Phi) is 32.3. The van der Waals surface area contributed by atoms with Gasteiger partial charge in [-0.3, -0.25) is 67.1 Å². The molecule has 2 aromatic carbocycles. The first-order valence-electron chi connectivity index (χ1n) is 33.8. The lowest BCUT2D eigenvalue weighted by Gasteiger charge is -2.23. The van der Waals surface area contributed by atoms with Crippen LogP contribution in [0.5, 0.6) is 0 Å². The molecule has 4 heterocycles. The third kappa shape index (κ3) is 27.2. The van der Waals surface area contributed by atoms with E-state index in [2.05, 4.69) is 100 Å². The molecule has 0 saturated heterocycles. The quantitative estimate of drug-likeness (QED) is 0.0102. The van der Waals surface area contributed by atoms with E-state index < -0.39 is 195 Å². The number of anilines is 6. The van der Waals surface area contributed by atoms with Crippen LogP contribution in [0.2, 0.25) is 0 Å². The van der Waals surface area contributed by atoms with Gasteiger partial charge in [0.2, 0.25) is 53.2 Å². The van der Waals surface area contributed by atoms with Gasteiger partial charge in [-0.25, -0.2) is 24.7 Å². The number of benzene rings is 2. The van der Waals surface area contributed by atoms with Crippen LogP contribution in [0.15, 0.2) is 60.9 Å². The monoisotopic (exact) mass is 1550 g/mol. The largest absolute Gasteiger partial charge is 0.481 e. The summed E-state index contributed by atoms with van der Waals surface area (Å²) in [5.41, 5.74) is 26.3. The predicted molar refractivity (Wildman–Crippen MR) is 391 cm³/mol. The van der Waals surface area contributed by atoms with E-state index in [4.69, 9.17) is 22.9 Å². The van der Waals surface area contributed by atoms with Crippen LogP contribution in [-0.4, -0.2) is 230 Å². The molecule has 44 heteroatoms. The lowest BCUT2D eigenvalue weighted by molar-refractivity contribution is -0.150. The number of unbranched alkanes of at least 4 members (excludes halogenated alkanes) is 1. The Morgan fingerprint density at radius 3 is 1.15 bits per heavy atom. The molecule has 0 aliphatic carbocycles. The van der Waals surface area contributed by atoms with Gasteiger partial charge in [-0.1, -0.05) is 0 Å². The number of carboxylic acids is 5. The molecule has 9 amide bonds. The molecule has 6 unspecified atom stereocenters. The summed E-state index contributed by atoms with van der Waals surface area (Å²) in [6, 6.07) is 2.55. The van der Waals surface area contributed by atoms with Crippen LogP contribution in [0.3, 0.4) is 0 Å². The van der Waals surface area contributed by atoms with Crippen LogP contribution in [-0.2, 0) is 75.4 Å². The number of rotatable bonds is 45. The molecule has 110 heavy (non-hydrogen) atoms. The maximum atomic E-state index is 13.8. The number of Topliss-reactive ketones (excluding diaryl/α,β-unsaturated/α-hetero) is 1. The van der Waals surface area contributed by atoms with Crippen LogP contribution in [0.1, 0.15) is 116 Å². The molecule has 0 fully saturated rings. The predicted octanol–water partition coefficient (Wildman–Crippen LogP) is -3.07. The number of thiol groups is 1. The summed E-state index contributed by atoms with van der Waals surface area (Å²) in [4.78, 5) is 229. The molecule has 6 aromatic rings. The van der Waals surface area contributed by atoms with Crippen molar-refractivity contribution >= 4 is 159 Å². The van der Waals surface area contributed by atoms with E-state index in [1.807, 2.05) is 0 Å². The number of aliphatic carboxylic acids is 5. The lowest BCUT2D eigenvalue weighted by atomic mass is 10.1. The molecule has 0 aliphatic heterocycles. The van der Waals surface area contributed by atoms with Crippen molar-refractivity contribution in [3.05, 3.63) is 83.4 Å². The van der Waals surface area contributed by atoms with Crippen molar-refractivity contribution < 1.29 is 97.5 Å². The molecule has 6 atom stereocenters. The third-order valence-corrected chi connectivity index (χ3v) is 16.6. The minimum atomic E-state index is -1.90. The first kappa shape index (κ1) is 85.6. The zero-order valence-electron chi connectivity index (χ0n) is 59.3. The third-order valence-electron chi connectivity index (χ3n) is 16.3. The highest BCUT2D eigenvalue weighted by molar-refractivity contribution is 7.80. The van der Waals surface area contributed by atoms with Gasteiger partial charge in [0.15, 0.2) is 34.0 Å². The number of carbonyl (C=O) groups excluding carboxylic acids is 10. The standard InChI is InChI=1S/C66H83N23O20S/c1-88(29-34-27-74-55-50(76-34)53(67)84-65(69)86-55)36-10-6-32(7-11-36)57(101)79-41(16-20-48(96)97)62(106)81-39(14-18-46(92)93)59(103)72-25-22-44(90)71-24-4-3-5-38(61(105)83-43(31-110)52(100)64(108)109)78-45(91)23-26-73-60(104)40(15-19-47(94)95)82-63(107)42(17-21-49(98)99)80-58(102)33-8-12-37(13-9-33)89(2)30-35-28-75-56-51(77-35)54(68)85-66(70)87-56/h6-13,27-28,38-43,110H,3-5,14-26,29-31H2,1-2H3,(H,71,90)(H,72,103)(H,73,104)(H,78,91)(H,79,101)(H,80,102)(H,81,106)(H,82,107)(H,83,105)(H,92,93)(H,94,95)(H,96,97)(H,98,99)(H,108,109)(H4,67,69,74,84,86)(H4,68,70,75,85,87). The minimum Gasteiger partial charge on any atom is -0.481 e.